The molecule has 0 radical (unpaired) electrons. The second-order valence-corrected chi connectivity index (χ2v) is 2.41. The van der Waals surface area contributed by atoms with Gasteiger partial charge in [-0.25, -0.2) is 13.2 Å². The maximum atomic E-state index is 12.7. The molecule has 0 bridgehead atoms. The second kappa shape index (κ2) is 3.05. The molecule has 66 valence electrons. The Bertz CT molecular complexity index is 310. The van der Waals surface area contributed by atoms with Gasteiger partial charge in [0, 0.05) is 0 Å². The molecule has 0 aromatic heterocycles. The lowest BCUT2D eigenvalue weighted by Crippen LogP contribution is -2.02. The van der Waals surface area contributed by atoms with E-state index < -0.39 is 17.5 Å². The second-order valence-electron chi connectivity index (χ2n) is 2.41. The van der Waals surface area contributed by atoms with Crippen LogP contribution in [0.15, 0.2) is 6.07 Å². The lowest BCUT2D eigenvalue weighted by Gasteiger charge is -2.04. The highest BCUT2D eigenvalue weighted by molar-refractivity contribution is 5.48. The van der Waals surface area contributed by atoms with E-state index in [4.69, 9.17) is 5.73 Å². The van der Waals surface area contributed by atoms with Gasteiger partial charge in [-0.05, 0) is 18.1 Å². The van der Waals surface area contributed by atoms with Gasteiger partial charge < -0.3 is 5.73 Å². The number of nitrogen functional groups attached to an aromatic ring is 1. The fourth-order valence-corrected chi connectivity index (χ4v) is 0.951. The summed E-state index contributed by atoms with van der Waals surface area (Å²) in [5.74, 6) is -4.00. The molecule has 0 saturated heterocycles. The fraction of sp³-hybridized carbons (Fsp3) is 0.250. The molecule has 0 atom stereocenters. The van der Waals surface area contributed by atoms with E-state index in [0.717, 1.165) is 6.07 Å². The Morgan fingerprint density at radius 3 is 2.33 bits per heavy atom. The zero-order chi connectivity index (χ0) is 9.30. The summed E-state index contributed by atoms with van der Waals surface area (Å²) in [5, 5.41) is 0. The van der Waals surface area contributed by atoms with Gasteiger partial charge >= 0.3 is 0 Å². The van der Waals surface area contributed by atoms with Crippen LogP contribution in [0.25, 0.3) is 0 Å². The molecule has 2 N–H and O–H groups in total. The van der Waals surface area contributed by atoms with Crippen LogP contribution >= 0.6 is 0 Å². The molecular formula is C8H8F3N. The summed E-state index contributed by atoms with van der Waals surface area (Å²) in [4.78, 5) is 0. The molecule has 0 aliphatic carbocycles. The smallest absolute Gasteiger partial charge is 0.196 e. The normalized spacial score (nSPS) is 10.3. The predicted molar refractivity (Wildman–Crippen MR) is 40.1 cm³/mol. The van der Waals surface area contributed by atoms with Crippen molar-refractivity contribution in [3.05, 3.63) is 29.1 Å². The summed E-state index contributed by atoms with van der Waals surface area (Å²) >= 11 is 0. The van der Waals surface area contributed by atoms with Crippen molar-refractivity contribution in [2.45, 2.75) is 13.3 Å². The van der Waals surface area contributed by atoms with Crippen molar-refractivity contribution in [2.75, 3.05) is 5.73 Å². The number of nitrogens with two attached hydrogens (primary N) is 1. The number of benzene rings is 1. The summed E-state index contributed by atoms with van der Waals surface area (Å²) in [5.41, 5.74) is 5.16. The van der Waals surface area contributed by atoms with Gasteiger partial charge in [0.05, 0.1) is 5.69 Å². The molecule has 0 amide bonds. The minimum atomic E-state index is -1.51. The quantitative estimate of drug-likeness (QED) is 0.514. The summed E-state index contributed by atoms with van der Waals surface area (Å²) in [6.45, 7) is 1.68. The van der Waals surface area contributed by atoms with Crippen molar-refractivity contribution in [1.82, 2.24) is 0 Å². The third-order valence-electron chi connectivity index (χ3n) is 1.67. The molecule has 1 nitrogen and oxygen atoms in total. The van der Waals surface area contributed by atoms with E-state index in [9.17, 15) is 13.2 Å². The van der Waals surface area contributed by atoms with Crippen LogP contribution in [0.3, 0.4) is 0 Å². The Balaban J connectivity index is 3.39. The van der Waals surface area contributed by atoms with Gasteiger partial charge in [0.25, 0.3) is 0 Å². The molecule has 1 aromatic rings. The molecule has 0 saturated carbocycles. The first-order valence-corrected chi connectivity index (χ1v) is 3.49. The molecule has 12 heavy (non-hydrogen) atoms. The van der Waals surface area contributed by atoms with Crippen molar-refractivity contribution in [1.29, 1.82) is 0 Å². The zero-order valence-electron chi connectivity index (χ0n) is 6.50. The molecule has 1 rings (SSSR count). The van der Waals surface area contributed by atoms with Crippen molar-refractivity contribution >= 4 is 5.69 Å². The van der Waals surface area contributed by atoms with Gasteiger partial charge in [-0.2, -0.15) is 0 Å². The maximum Gasteiger partial charge on any atom is 0.196 e. The van der Waals surface area contributed by atoms with Gasteiger partial charge in [0.15, 0.2) is 17.5 Å². The lowest BCUT2D eigenvalue weighted by atomic mass is 10.1. The van der Waals surface area contributed by atoms with E-state index in [1.54, 1.807) is 6.92 Å². The number of hydrogen-bond acceptors (Lipinski definition) is 1. The van der Waals surface area contributed by atoms with Gasteiger partial charge in [-0.1, -0.05) is 6.92 Å². The molecule has 1 aromatic carbocycles. The molecule has 0 heterocycles. The highest BCUT2D eigenvalue weighted by Gasteiger charge is 2.14. The Hall–Kier alpha value is -1.19. The topological polar surface area (TPSA) is 26.0 Å². The predicted octanol–water partition coefficient (Wildman–Crippen LogP) is 2.25. The molecular weight excluding hydrogens is 167 g/mol. The molecule has 4 heteroatoms. The number of rotatable bonds is 1. The first-order valence-electron chi connectivity index (χ1n) is 3.49. The monoisotopic (exact) mass is 175 g/mol. The Kier molecular flexibility index (Phi) is 2.26. The zero-order valence-corrected chi connectivity index (χ0v) is 6.50. The van der Waals surface area contributed by atoms with Crippen LogP contribution in [0.4, 0.5) is 18.9 Å². The molecule has 0 spiro atoms. The minimum Gasteiger partial charge on any atom is -0.396 e. The standard InChI is InChI=1S/C8H8F3N/c1-2-4-3-5(9)6(10)7(11)8(4)12/h3H,2,12H2,1H3. The van der Waals surface area contributed by atoms with Crippen LogP contribution in [-0.2, 0) is 6.42 Å². The summed E-state index contributed by atoms with van der Waals surface area (Å²) < 4.78 is 37.7. The number of halogens is 3. The molecule has 0 unspecified atom stereocenters. The average molecular weight is 175 g/mol. The third kappa shape index (κ3) is 1.24. The molecule has 0 aliphatic heterocycles. The summed E-state index contributed by atoms with van der Waals surface area (Å²) in [6, 6.07) is 0.910. The van der Waals surface area contributed by atoms with Crippen LogP contribution in [0.1, 0.15) is 12.5 Å². The molecule has 0 fully saturated rings. The first kappa shape index (κ1) is 8.90. The van der Waals surface area contributed by atoms with Crippen molar-refractivity contribution in [3.8, 4) is 0 Å². The first-order chi connectivity index (χ1) is 5.57. The van der Waals surface area contributed by atoms with Crippen molar-refractivity contribution in [3.63, 3.8) is 0 Å². The number of aryl methyl sites for hydroxylation is 1. The minimum absolute atomic E-state index is 0.284. The van der Waals surface area contributed by atoms with Gasteiger partial charge in [0.2, 0.25) is 0 Å². The Morgan fingerprint density at radius 2 is 1.83 bits per heavy atom. The Labute approximate surface area is 68.0 Å². The van der Waals surface area contributed by atoms with E-state index in [-0.39, 0.29) is 11.3 Å². The Morgan fingerprint density at radius 1 is 1.25 bits per heavy atom. The van der Waals surface area contributed by atoms with Crippen molar-refractivity contribution < 1.29 is 13.2 Å². The summed E-state index contributed by atoms with van der Waals surface area (Å²) in [6.07, 6.45) is 0.375. The maximum absolute atomic E-state index is 12.7. The third-order valence-corrected chi connectivity index (χ3v) is 1.67. The average Bonchev–Trinajstić information content (AvgIpc) is 2.08. The van der Waals surface area contributed by atoms with E-state index in [0.29, 0.717) is 6.42 Å². The van der Waals surface area contributed by atoms with E-state index in [1.165, 1.54) is 0 Å². The van der Waals surface area contributed by atoms with Crippen LogP contribution < -0.4 is 5.73 Å². The van der Waals surface area contributed by atoms with E-state index >= 15 is 0 Å². The SMILES string of the molecule is CCc1cc(F)c(F)c(F)c1N. The largest absolute Gasteiger partial charge is 0.396 e. The highest BCUT2D eigenvalue weighted by Crippen LogP contribution is 2.22. The van der Waals surface area contributed by atoms with Gasteiger partial charge in [-0.3, -0.25) is 0 Å². The van der Waals surface area contributed by atoms with E-state index in [2.05, 4.69) is 0 Å². The van der Waals surface area contributed by atoms with Gasteiger partial charge in [-0.15, -0.1) is 0 Å². The lowest BCUT2D eigenvalue weighted by molar-refractivity contribution is 0.448. The highest BCUT2D eigenvalue weighted by atomic mass is 19.2. The van der Waals surface area contributed by atoms with E-state index in [1.807, 2.05) is 0 Å². The molecule has 0 aliphatic rings. The van der Waals surface area contributed by atoms with Gasteiger partial charge in [0.1, 0.15) is 0 Å². The number of anilines is 1. The van der Waals surface area contributed by atoms with Crippen LogP contribution in [0.5, 0.6) is 0 Å². The van der Waals surface area contributed by atoms with Crippen LogP contribution in [0, 0.1) is 17.5 Å². The van der Waals surface area contributed by atoms with Crippen LogP contribution in [0.2, 0.25) is 0 Å². The summed E-state index contributed by atoms with van der Waals surface area (Å²) in [7, 11) is 0. The van der Waals surface area contributed by atoms with Crippen LogP contribution in [-0.4, -0.2) is 0 Å². The fourth-order valence-electron chi connectivity index (χ4n) is 0.951. The van der Waals surface area contributed by atoms with Crippen molar-refractivity contribution in [2.24, 2.45) is 0 Å². The number of hydrogen-bond donors (Lipinski definition) is 1.